The van der Waals surface area contributed by atoms with E-state index in [9.17, 15) is 0 Å². The highest BCUT2D eigenvalue weighted by atomic mass is 16.7. The molecular formula is C15H22BNO2. The summed E-state index contributed by atoms with van der Waals surface area (Å²) in [6.07, 6.45) is 5.05. The molecule has 0 N–H and O–H groups in total. The quantitative estimate of drug-likeness (QED) is 0.726. The van der Waals surface area contributed by atoms with Gasteiger partial charge in [-0.3, -0.25) is 4.98 Å². The van der Waals surface area contributed by atoms with Crippen molar-refractivity contribution in [2.24, 2.45) is 0 Å². The Kier molecular flexibility index (Phi) is 2.99. The van der Waals surface area contributed by atoms with Crippen LogP contribution >= 0.6 is 0 Å². The zero-order valence-corrected chi connectivity index (χ0v) is 12.3. The molecule has 2 aliphatic rings. The van der Waals surface area contributed by atoms with Gasteiger partial charge in [0.15, 0.2) is 0 Å². The molecule has 4 heteroatoms. The third-order valence-electron chi connectivity index (χ3n) is 4.88. The van der Waals surface area contributed by atoms with E-state index in [1.165, 1.54) is 11.3 Å². The van der Waals surface area contributed by atoms with E-state index in [1.807, 2.05) is 12.3 Å². The fraction of sp³-hybridized carbons (Fsp3) is 0.667. The first-order valence-corrected chi connectivity index (χ1v) is 7.17. The average molecular weight is 259 g/mol. The maximum absolute atomic E-state index is 6.17. The summed E-state index contributed by atoms with van der Waals surface area (Å²) in [4.78, 5) is 4.50. The van der Waals surface area contributed by atoms with Gasteiger partial charge < -0.3 is 9.31 Å². The van der Waals surface area contributed by atoms with Crippen LogP contribution in [0.3, 0.4) is 0 Å². The highest BCUT2D eigenvalue weighted by Gasteiger charge is 2.53. The summed E-state index contributed by atoms with van der Waals surface area (Å²) in [7, 11) is -0.0971. The zero-order valence-electron chi connectivity index (χ0n) is 12.3. The first-order chi connectivity index (χ1) is 8.89. The molecule has 102 valence electrons. The summed E-state index contributed by atoms with van der Waals surface area (Å²) in [5, 5.41) is 0. The maximum Gasteiger partial charge on any atom is 0.461 e. The molecule has 3 rings (SSSR count). The Morgan fingerprint density at radius 1 is 1.21 bits per heavy atom. The van der Waals surface area contributed by atoms with Gasteiger partial charge in [-0.1, -0.05) is 6.07 Å². The summed E-state index contributed by atoms with van der Waals surface area (Å²) in [6, 6.07) is 4.21. The molecule has 1 unspecified atom stereocenters. The highest BCUT2D eigenvalue weighted by molar-refractivity contribution is 6.47. The van der Waals surface area contributed by atoms with Gasteiger partial charge in [0.25, 0.3) is 0 Å². The molecule has 1 aliphatic heterocycles. The van der Waals surface area contributed by atoms with Crippen molar-refractivity contribution in [3.63, 3.8) is 0 Å². The van der Waals surface area contributed by atoms with Crippen molar-refractivity contribution < 1.29 is 9.31 Å². The van der Waals surface area contributed by atoms with Crippen LogP contribution in [0.4, 0.5) is 0 Å². The average Bonchev–Trinajstić information content (AvgIpc) is 2.58. The van der Waals surface area contributed by atoms with Crippen LogP contribution in [-0.4, -0.2) is 23.3 Å². The highest BCUT2D eigenvalue weighted by Crippen LogP contribution is 2.43. The van der Waals surface area contributed by atoms with Gasteiger partial charge in [-0.25, -0.2) is 0 Å². The smallest absolute Gasteiger partial charge is 0.403 e. The van der Waals surface area contributed by atoms with E-state index in [1.54, 1.807) is 0 Å². The van der Waals surface area contributed by atoms with Crippen LogP contribution in [0.2, 0.25) is 5.82 Å². The second-order valence-corrected chi connectivity index (χ2v) is 6.74. The molecule has 1 aromatic heterocycles. The van der Waals surface area contributed by atoms with Crippen LogP contribution in [0.5, 0.6) is 0 Å². The minimum atomic E-state index is -0.234. The van der Waals surface area contributed by atoms with E-state index in [0.717, 1.165) is 19.3 Å². The zero-order chi connectivity index (χ0) is 13.7. The molecule has 3 nitrogen and oxygen atoms in total. The Balaban J connectivity index is 1.77. The molecule has 1 atom stereocenters. The van der Waals surface area contributed by atoms with Crippen molar-refractivity contribution in [3.8, 4) is 0 Å². The van der Waals surface area contributed by atoms with Crippen molar-refractivity contribution in [3.05, 3.63) is 29.6 Å². The van der Waals surface area contributed by atoms with Crippen molar-refractivity contribution >= 4 is 7.12 Å². The van der Waals surface area contributed by atoms with E-state index < -0.39 is 0 Å². The molecule has 2 heterocycles. The Labute approximate surface area is 115 Å². The first-order valence-electron chi connectivity index (χ1n) is 7.17. The number of nitrogens with zero attached hydrogens (tertiary/aromatic N) is 1. The Bertz CT molecular complexity index is 471. The first kappa shape index (κ1) is 13.1. The second-order valence-electron chi connectivity index (χ2n) is 6.74. The lowest BCUT2D eigenvalue weighted by Gasteiger charge is -2.32. The van der Waals surface area contributed by atoms with Crippen molar-refractivity contribution in [1.29, 1.82) is 0 Å². The Hall–Kier alpha value is -0.865. The number of fused-ring (bicyclic) bond motifs is 1. The van der Waals surface area contributed by atoms with E-state index in [4.69, 9.17) is 9.31 Å². The fourth-order valence-electron chi connectivity index (χ4n) is 2.89. The predicted molar refractivity (Wildman–Crippen MR) is 76.1 cm³/mol. The van der Waals surface area contributed by atoms with Gasteiger partial charge in [0.05, 0.1) is 11.2 Å². The number of hydrogen-bond donors (Lipinski definition) is 0. The largest absolute Gasteiger partial charge is 0.461 e. The fourth-order valence-corrected chi connectivity index (χ4v) is 2.89. The lowest BCUT2D eigenvalue weighted by molar-refractivity contribution is 0.00578. The number of aromatic nitrogens is 1. The molecule has 1 aliphatic carbocycles. The molecule has 0 saturated carbocycles. The SMILES string of the molecule is CC1(C)OB(C2CCc3cccnc3C2)OC1(C)C. The molecule has 0 spiro atoms. The molecule has 0 radical (unpaired) electrons. The van der Waals surface area contributed by atoms with Gasteiger partial charge in [-0.15, -0.1) is 0 Å². The van der Waals surface area contributed by atoms with Gasteiger partial charge in [-0.05, 0) is 64.4 Å². The number of aryl methyl sites for hydroxylation is 1. The molecule has 1 aromatic rings. The van der Waals surface area contributed by atoms with Gasteiger partial charge in [0.2, 0.25) is 0 Å². The Morgan fingerprint density at radius 2 is 1.89 bits per heavy atom. The van der Waals surface area contributed by atoms with Crippen LogP contribution in [-0.2, 0) is 22.2 Å². The lowest BCUT2D eigenvalue weighted by atomic mass is 9.64. The molecule has 19 heavy (non-hydrogen) atoms. The van der Waals surface area contributed by atoms with Crippen molar-refractivity contribution in [1.82, 2.24) is 4.98 Å². The van der Waals surface area contributed by atoms with Gasteiger partial charge in [0, 0.05) is 11.9 Å². The van der Waals surface area contributed by atoms with Crippen molar-refractivity contribution in [2.45, 2.75) is 64.0 Å². The van der Waals surface area contributed by atoms with Gasteiger partial charge >= 0.3 is 7.12 Å². The van der Waals surface area contributed by atoms with Crippen molar-refractivity contribution in [2.75, 3.05) is 0 Å². The van der Waals surface area contributed by atoms with Crippen LogP contribution in [0.25, 0.3) is 0 Å². The van der Waals surface area contributed by atoms with Crippen LogP contribution < -0.4 is 0 Å². The number of rotatable bonds is 1. The summed E-state index contributed by atoms with van der Waals surface area (Å²) >= 11 is 0. The molecule has 0 amide bonds. The van der Waals surface area contributed by atoms with E-state index in [2.05, 4.69) is 38.7 Å². The van der Waals surface area contributed by atoms with E-state index >= 15 is 0 Å². The van der Waals surface area contributed by atoms with E-state index in [-0.39, 0.29) is 18.3 Å². The molecule has 1 saturated heterocycles. The van der Waals surface area contributed by atoms with Crippen LogP contribution in [0.15, 0.2) is 18.3 Å². The third-order valence-corrected chi connectivity index (χ3v) is 4.88. The summed E-state index contributed by atoms with van der Waals surface area (Å²) in [5.74, 6) is 0.420. The monoisotopic (exact) mass is 259 g/mol. The van der Waals surface area contributed by atoms with Gasteiger partial charge in [0.1, 0.15) is 0 Å². The summed E-state index contributed by atoms with van der Waals surface area (Å²) < 4.78 is 12.3. The standard InChI is InChI=1S/C15H22BNO2/c1-14(2)15(3,4)19-16(18-14)12-8-7-11-6-5-9-17-13(11)10-12/h5-6,9,12H,7-8,10H2,1-4H3. The summed E-state index contributed by atoms with van der Waals surface area (Å²) in [5.41, 5.74) is 2.13. The summed E-state index contributed by atoms with van der Waals surface area (Å²) in [6.45, 7) is 8.45. The maximum atomic E-state index is 6.17. The van der Waals surface area contributed by atoms with E-state index in [0.29, 0.717) is 5.82 Å². The normalized spacial score (nSPS) is 28.2. The minimum Gasteiger partial charge on any atom is -0.403 e. The Morgan fingerprint density at radius 3 is 2.58 bits per heavy atom. The predicted octanol–water partition coefficient (Wildman–Crippen LogP) is 3.03. The van der Waals surface area contributed by atoms with Crippen LogP contribution in [0, 0.1) is 0 Å². The molecular weight excluding hydrogens is 237 g/mol. The van der Waals surface area contributed by atoms with Gasteiger partial charge in [-0.2, -0.15) is 0 Å². The lowest BCUT2D eigenvalue weighted by Crippen LogP contribution is -2.41. The second kappa shape index (κ2) is 4.32. The molecule has 0 aromatic carbocycles. The number of pyridine rings is 1. The molecule has 0 bridgehead atoms. The topological polar surface area (TPSA) is 31.4 Å². The third kappa shape index (κ3) is 2.21. The molecule has 1 fully saturated rings. The van der Waals surface area contributed by atoms with Crippen LogP contribution in [0.1, 0.15) is 45.4 Å². The number of hydrogen-bond acceptors (Lipinski definition) is 3. The minimum absolute atomic E-state index is 0.0971.